The van der Waals surface area contributed by atoms with Crippen LogP contribution < -0.4 is 20.9 Å². The third-order valence-electron chi connectivity index (χ3n) is 2.36. The van der Waals surface area contributed by atoms with Crippen molar-refractivity contribution in [2.45, 2.75) is 26.9 Å². The lowest BCUT2D eigenvalue weighted by Gasteiger charge is -2.18. The summed E-state index contributed by atoms with van der Waals surface area (Å²) in [5.74, 6) is 6.47. The van der Waals surface area contributed by atoms with Crippen molar-refractivity contribution in [3.8, 4) is 6.01 Å². The number of nitrogens with two attached hydrogens (primary N) is 1. The Kier molecular flexibility index (Phi) is 4.45. The van der Waals surface area contributed by atoms with Gasteiger partial charge in [0.1, 0.15) is 6.10 Å². The fourth-order valence-corrected chi connectivity index (χ4v) is 0.965. The number of hydrogen-bond acceptors (Lipinski definition) is 7. The molecule has 7 nitrogen and oxygen atoms in total. The molecule has 0 aliphatic rings. The van der Waals surface area contributed by atoms with Crippen LogP contribution in [0.2, 0.25) is 0 Å². The van der Waals surface area contributed by atoms with Crippen molar-refractivity contribution in [1.82, 2.24) is 15.0 Å². The van der Waals surface area contributed by atoms with Gasteiger partial charge in [0.25, 0.3) is 0 Å². The monoisotopic (exact) mass is 240 g/mol. The van der Waals surface area contributed by atoms with Gasteiger partial charge in [-0.25, -0.2) is 5.84 Å². The maximum atomic E-state index is 5.62. The molecule has 0 radical (unpaired) electrons. The second-order valence-electron chi connectivity index (χ2n) is 4.35. The van der Waals surface area contributed by atoms with E-state index in [4.69, 9.17) is 10.6 Å². The molecule has 3 N–H and O–H groups in total. The summed E-state index contributed by atoms with van der Waals surface area (Å²) in [6, 6.07) is 0.276. The summed E-state index contributed by atoms with van der Waals surface area (Å²) < 4.78 is 5.62. The number of anilines is 2. The molecule has 0 bridgehead atoms. The third-order valence-corrected chi connectivity index (χ3v) is 2.36. The highest BCUT2D eigenvalue weighted by molar-refractivity contribution is 5.36. The van der Waals surface area contributed by atoms with Crippen LogP contribution >= 0.6 is 0 Å². The largest absolute Gasteiger partial charge is 0.460 e. The molecule has 1 aromatic heterocycles. The summed E-state index contributed by atoms with van der Waals surface area (Å²) >= 11 is 0. The van der Waals surface area contributed by atoms with Crippen molar-refractivity contribution >= 4 is 11.9 Å². The Labute approximate surface area is 101 Å². The summed E-state index contributed by atoms with van der Waals surface area (Å²) in [6.45, 7) is 6.11. The number of ether oxygens (including phenoxy) is 1. The van der Waals surface area contributed by atoms with Gasteiger partial charge in [-0.3, -0.25) is 5.43 Å². The van der Waals surface area contributed by atoms with Crippen LogP contribution in [-0.4, -0.2) is 35.2 Å². The lowest BCUT2D eigenvalue weighted by molar-refractivity contribution is 0.156. The molecule has 17 heavy (non-hydrogen) atoms. The topological polar surface area (TPSA) is 89.2 Å². The Balaban J connectivity index is 2.94. The fraction of sp³-hybridized carbons (Fsp3) is 0.700. The molecule has 0 fully saturated rings. The first-order valence-electron chi connectivity index (χ1n) is 5.50. The van der Waals surface area contributed by atoms with E-state index in [1.807, 2.05) is 21.0 Å². The number of nitrogen functional groups attached to an aromatic ring is 1. The van der Waals surface area contributed by atoms with Gasteiger partial charge >= 0.3 is 6.01 Å². The molecule has 1 aromatic rings. The predicted octanol–water partition coefficient (Wildman–Crippen LogP) is 0.646. The second-order valence-corrected chi connectivity index (χ2v) is 4.35. The SMILES string of the molecule is CC(C)C(C)Oc1nc(NN)nc(N(C)C)n1. The molecule has 0 aromatic carbocycles. The third kappa shape index (κ3) is 3.70. The van der Waals surface area contributed by atoms with Gasteiger partial charge in [0, 0.05) is 14.1 Å². The fourth-order valence-electron chi connectivity index (χ4n) is 0.965. The van der Waals surface area contributed by atoms with Crippen LogP contribution in [0.1, 0.15) is 20.8 Å². The Hall–Kier alpha value is -1.63. The molecule has 7 heteroatoms. The highest BCUT2D eigenvalue weighted by atomic mass is 16.5. The molecule has 1 heterocycles. The zero-order valence-electron chi connectivity index (χ0n) is 10.9. The van der Waals surface area contributed by atoms with Crippen molar-refractivity contribution in [2.75, 3.05) is 24.4 Å². The smallest absolute Gasteiger partial charge is 0.323 e. The molecular weight excluding hydrogens is 220 g/mol. The Morgan fingerprint density at radius 1 is 1.18 bits per heavy atom. The average molecular weight is 240 g/mol. The average Bonchev–Trinajstić information content (AvgIpc) is 2.28. The Morgan fingerprint density at radius 3 is 2.29 bits per heavy atom. The van der Waals surface area contributed by atoms with Crippen molar-refractivity contribution < 1.29 is 4.74 Å². The van der Waals surface area contributed by atoms with E-state index >= 15 is 0 Å². The molecule has 1 unspecified atom stereocenters. The van der Waals surface area contributed by atoms with E-state index in [9.17, 15) is 0 Å². The first-order chi connectivity index (χ1) is 7.93. The quantitative estimate of drug-likeness (QED) is 0.577. The summed E-state index contributed by atoms with van der Waals surface area (Å²) in [5, 5.41) is 0. The van der Waals surface area contributed by atoms with Crippen molar-refractivity contribution in [3.63, 3.8) is 0 Å². The maximum Gasteiger partial charge on any atom is 0.323 e. The van der Waals surface area contributed by atoms with E-state index in [0.717, 1.165) is 0 Å². The molecule has 1 rings (SSSR count). The van der Waals surface area contributed by atoms with E-state index in [1.54, 1.807) is 4.90 Å². The molecule has 0 saturated heterocycles. The minimum Gasteiger partial charge on any atom is -0.460 e. The molecule has 0 spiro atoms. The maximum absolute atomic E-state index is 5.62. The van der Waals surface area contributed by atoms with Crippen molar-refractivity contribution in [2.24, 2.45) is 11.8 Å². The van der Waals surface area contributed by atoms with E-state index < -0.39 is 0 Å². The van der Waals surface area contributed by atoms with E-state index in [2.05, 4.69) is 34.2 Å². The van der Waals surface area contributed by atoms with Gasteiger partial charge in [0.05, 0.1) is 0 Å². The first kappa shape index (κ1) is 13.4. The summed E-state index contributed by atoms with van der Waals surface area (Å²) in [7, 11) is 3.68. The van der Waals surface area contributed by atoms with Gasteiger partial charge < -0.3 is 9.64 Å². The van der Waals surface area contributed by atoms with Gasteiger partial charge in [-0.2, -0.15) is 15.0 Å². The number of hydrogen-bond donors (Lipinski definition) is 2. The summed E-state index contributed by atoms with van der Waals surface area (Å²) in [6.07, 6.45) is 0.0260. The molecule has 0 amide bonds. The number of nitrogens with zero attached hydrogens (tertiary/aromatic N) is 4. The standard InChI is InChI=1S/C10H20N6O/c1-6(2)7(3)17-10-13-8(15-11)12-9(14-10)16(4)5/h6-7H,11H2,1-5H3,(H,12,13,14,15). The van der Waals surface area contributed by atoms with Crippen LogP contribution in [0.15, 0.2) is 0 Å². The minimum atomic E-state index is 0.0260. The van der Waals surface area contributed by atoms with Gasteiger partial charge in [-0.1, -0.05) is 13.8 Å². The van der Waals surface area contributed by atoms with Crippen LogP contribution in [0.25, 0.3) is 0 Å². The molecule has 1 atom stereocenters. The summed E-state index contributed by atoms with van der Waals surface area (Å²) in [4.78, 5) is 14.1. The molecule has 0 aliphatic carbocycles. The van der Waals surface area contributed by atoms with Crippen LogP contribution in [0.4, 0.5) is 11.9 Å². The van der Waals surface area contributed by atoms with Gasteiger partial charge in [-0.15, -0.1) is 0 Å². The molecule has 0 aliphatic heterocycles. The number of rotatable bonds is 5. The van der Waals surface area contributed by atoms with Crippen LogP contribution in [0.3, 0.4) is 0 Å². The zero-order chi connectivity index (χ0) is 13.0. The zero-order valence-corrected chi connectivity index (χ0v) is 10.9. The highest BCUT2D eigenvalue weighted by Crippen LogP contribution is 2.15. The van der Waals surface area contributed by atoms with Crippen molar-refractivity contribution in [1.29, 1.82) is 0 Å². The predicted molar refractivity (Wildman–Crippen MR) is 66.9 cm³/mol. The Bertz CT molecular complexity index is 368. The van der Waals surface area contributed by atoms with Crippen molar-refractivity contribution in [3.05, 3.63) is 0 Å². The van der Waals surface area contributed by atoms with Gasteiger partial charge in [-0.05, 0) is 12.8 Å². The van der Waals surface area contributed by atoms with Crippen LogP contribution in [-0.2, 0) is 0 Å². The molecule has 96 valence electrons. The van der Waals surface area contributed by atoms with Crippen LogP contribution in [0.5, 0.6) is 6.01 Å². The minimum absolute atomic E-state index is 0.0260. The summed E-state index contributed by atoms with van der Waals surface area (Å²) in [5.41, 5.74) is 2.40. The van der Waals surface area contributed by atoms with E-state index in [-0.39, 0.29) is 18.1 Å². The first-order valence-corrected chi connectivity index (χ1v) is 5.50. The lowest BCUT2D eigenvalue weighted by atomic mass is 10.1. The number of nitrogens with one attached hydrogen (secondary N) is 1. The Morgan fingerprint density at radius 2 is 1.82 bits per heavy atom. The number of hydrazine groups is 1. The van der Waals surface area contributed by atoms with Crippen LogP contribution in [0, 0.1) is 5.92 Å². The van der Waals surface area contributed by atoms with E-state index in [0.29, 0.717) is 11.9 Å². The van der Waals surface area contributed by atoms with Gasteiger partial charge in [0.2, 0.25) is 11.9 Å². The lowest BCUT2D eigenvalue weighted by Crippen LogP contribution is -2.23. The van der Waals surface area contributed by atoms with Gasteiger partial charge in [0.15, 0.2) is 0 Å². The molecular formula is C10H20N6O. The van der Waals surface area contributed by atoms with E-state index in [1.165, 1.54) is 0 Å². The normalized spacial score (nSPS) is 12.4. The molecule has 0 saturated carbocycles. The highest BCUT2D eigenvalue weighted by Gasteiger charge is 2.13. The second kappa shape index (κ2) is 5.62. The number of aromatic nitrogens is 3.